The fraction of sp³-hybridized carbons (Fsp3) is 0.500. The summed E-state index contributed by atoms with van der Waals surface area (Å²) in [5.41, 5.74) is 4.71. The number of aromatic nitrogens is 3. The Morgan fingerprint density at radius 2 is 1.75 bits per heavy atom. The first kappa shape index (κ1) is 14.7. The molecule has 0 fully saturated rings. The highest BCUT2D eigenvalue weighted by atomic mass is 15.3. The van der Waals surface area contributed by atoms with Gasteiger partial charge in [0.25, 0.3) is 0 Å². The van der Waals surface area contributed by atoms with Crippen LogP contribution in [0.1, 0.15) is 43.4 Å². The summed E-state index contributed by atoms with van der Waals surface area (Å²) >= 11 is 0. The van der Waals surface area contributed by atoms with Crippen molar-refractivity contribution in [2.45, 2.75) is 46.6 Å². The Morgan fingerprint density at radius 1 is 1.00 bits per heavy atom. The SMILES string of the molecule is CCc1cc(CNC)cc(-n2nc(CC)cc2CC)n1. The van der Waals surface area contributed by atoms with Crippen molar-refractivity contribution in [2.24, 2.45) is 0 Å². The molecule has 0 bridgehead atoms. The van der Waals surface area contributed by atoms with Gasteiger partial charge in [-0.25, -0.2) is 9.67 Å². The van der Waals surface area contributed by atoms with Gasteiger partial charge < -0.3 is 5.32 Å². The van der Waals surface area contributed by atoms with E-state index in [0.717, 1.165) is 43.0 Å². The first-order valence-electron chi connectivity index (χ1n) is 7.44. The highest BCUT2D eigenvalue weighted by Gasteiger charge is 2.10. The minimum Gasteiger partial charge on any atom is -0.316 e. The Morgan fingerprint density at radius 3 is 2.35 bits per heavy atom. The van der Waals surface area contributed by atoms with Crippen LogP contribution in [0, 0.1) is 0 Å². The molecule has 0 unspecified atom stereocenters. The van der Waals surface area contributed by atoms with Gasteiger partial charge in [-0.15, -0.1) is 0 Å². The number of aryl methyl sites for hydroxylation is 3. The number of pyridine rings is 1. The molecule has 4 heteroatoms. The summed E-state index contributed by atoms with van der Waals surface area (Å²) in [6.45, 7) is 7.28. The van der Waals surface area contributed by atoms with Gasteiger partial charge in [0.15, 0.2) is 5.82 Å². The largest absolute Gasteiger partial charge is 0.316 e. The summed E-state index contributed by atoms with van der Waals surface area (Å²) in [6.07, 6.45) is 2.86. The fourth-order valence-electron chi connectivity index (χ4n) is 2.33. The molecule has 2 rings (SSSR count). The van der Waals surface area contributed by atoms with Crippen molar-refractivity contribution < 1.29 is 0 Å². The zero-order valence-electron chi connectivity index (χ0n) is 12.9. The molecule has 0 saturated heterocycles. The van der Waals surface area contributed by atoms with E-state index in [1.165, 1.54) is 11.3 Å². The lowest BCUT2D eigenvalue weighted by Crippen LogP contribution is -2.10. The number of nitrogens with zero attached hydrogens (tertiary/aromatic N) is 3. The van der Waals surface area contributed by atoms with Crippen LogP contribution in [0.2, 0.25) is 0 Å². The molecule has 2 heterocycles. The second kappa shape index (κ2) is 6.66. The van der Waals surface area contributed by atoms with Crippen LogP contribution in [0.3, 0.4) is 0 Å². The van der Waals surface area contributed by atoms with Crippen molar-refractivity contribution in [2.75, 3.05) is 7.05 Å². The van der Waals surface area contributed by atoms with Gasteiger partial charge in [-0.05, 0) is 50.1 Å². The number of rotatable bonds is 6. The summed E-state index contributed by atoms with van der Waals surface area (Å²) in [7, 11) is 1.96. The van der Waals surface area contributed by atoms with E-state index < -0.39 is 0 Å². The van der Waals surface area contributed by atoms with E-state index >= 15 is 0 Å². The van der Waals surface area contributed by atoms with E-state index in [2.05, 4.69) is 49.4 Å². The lowest BCUT2D eigenvalue weighted by Gasteiger charge is -2.10. The van der Waals surface area contributed by atoms with Gasteiger partial charge in [-0.2, -0.15) is 5.10 Å². The maximum absolute atomic E-state index is 4.73. The zero-order chi connectivity index (χ0) is 14.5. The Hall–Kier alpha value is -1.68. The lowest BCUT2D eigenvalue weighted by molar-refractivity contribution is 0.754. The lowest BCUT2D eigenvalue weighted by atomic mass is 10.2. The van der Waals surface area contributed by atoms with Gasteiger partial charge in [-0.1, -0.05) is 20.8 Å². The number of hydrogen-bond acceptors (Lipinski definition) is 3. The van der Waals surface area contributed by atoms with Crippen LogP contribution in [0.15, 0.2) is 18.2 Å². The van der Waals surface area contributed by atoms with E-state index in [-0.39, 0.29) is 0 Å². The van der Waals surface area contributed by atoms with Crippen molar-refractivity contribution in [3.63, 3.8) is 0 Å². The molecule has 0 radical (unpaired) electrons. The third kappa shape index (κ3) is 3.07. The maximum Gasteiger partial charge on any atom is 0.154 e. The van der Waals surface area contributed by atoms with E-state index in [4.69, 9.17) is 4.98 Å². The molecular weight excluding hydrogens is 248 g/mol. The average Bonchev–Trinajstić information content (AvgIpc) is 2.90. The molecule has 2 aromatic heterocycles. The summed E-state index contributed by atoms with van der Waals surface area (Å²) in [6, 6.07) is 6.47. The van der Waals surface area contributed by atoms with E-state index in [1.807, 2.05) is 11.7 Å². The van der Waals surface area contributed by atoms with Crippen molar-refractivity contribution in [3.8, 4) is 5.82 Å². The van der Waals surface area contributed by atoms with Crippen molar-refractivity contribution in [3.05, 3.63) is 40.8 Å². The van der Waals surface area contributed by atoms with Crippen molar-refractivity contribution in [1.29, 1.82) is 0 Å². The molecule has 0 aliphatic heterocycles. The van der Waals surface area contributed by atoms with Crippen LogP contribution < -0.4 is 5.32 Å². The summed E-state index contributed by atoms with van der Waals surface area (Å²) < 4.78 is 2.00. The average molecular weight is 272 g/mol. The third-order valence-corrected chi connectivity index (χ3v) is 3.44. The first-order chi connectivity index (χ1) is 9.71. The van der Waals surface area contributed by atoms with Gasteiger partial charge in [0.05, 0.1) is 5.69 Å². The standard InChI is InChI=1S/C16H24N4/c1-5-13-8-12(11-17-4)9-16(18-13)20-15(7-3)10-14(6-2)19-20/h8-10,17H,5-7,11H2,1-4H3. The molecule has 0 spiro atoms. The second-order valence-corrected chi connectivity index (χ2v) is 4.95. The van der Waals surface area contributed by atoms with E-state index in [9.17, 15) is 0 Å². The van der Waals surface area contributed by atoms with Crippen molar-refractivity contribution in [1.82, 2.24) is 20.1 Å². The molecule has 20 heavy (non-hydrogen) atoms. The molecule has 108 valence electrons. The predicted molar refractivity (Wildman–Crippen MR) is 82.3 cm³/mol. The summed E-state index contributed by atoms with van der Waals surface area (Å²) in [5.74, 6) is 0.936. The van der Waals surface area contributed by atoms with Crippen LogP contribution >= 0.6 is 0 Å². The molecule has 2 aromatic rings. The van der Waals surface area contributed by atoms with Crippen LogP contribution in [-0.2, 0) is 25.8 Å². The monoisotopic (exact) mass is 272 g/mol. The van der Waals surface area contributed by atoms with Gasteiger partial charge in [0.2, 0.25) is 0 Å². The van der Waals surface area contributed by atoms with Gasteiger partial charge in [0, 0.05) is 17.9 Å². The topological polar surface area (TPSA) is 42.7 Å². The smallest absolute Gasteiger partial charge is 0.154 e. The van der Waals surface area contributed by atoms with Gasteiger partial charge >= 0.3 is 0 Å². The fourth-order valence-corrected chi connectivity index (χ4v) is 2.33. The molecule has 0 aromatic carbocycles. The Kier molecular flexibility index (Phi) is 4.90. The normalized spacial score (nSPS) is 11.0. The maximum atomic E-state index is 4.73. The summed E-state index contributed by atoms with van der Waals surface area (Å²) in [5, 5.41) is 7.88. The highest BCUT2D eigenvalue weighted by molar-refractivity contribution is 5.33. The van der Waals surface area contributed by atoms with Crippen LogP contribution in [-0.4, -0.2) is 21.8 Å². The molecule has 4 nitrogen and oxygen atoms in total. The van der Waals surface area contributed by atoms with Crippen molar-refractivity contribution >= 4 is 0 Å². The van der Waals surface area contributed by atoms with Crippen LogP contribution in [0.4, 0.5) is 0 Å². The molecule has 0 amide bonds. The number of hydrogen-bond donors (Lipinski definition) is 1. The molecule has 0 aliphatic carbocycles. The molecule has 0 atom stereocenters. The van der Waals surface area contributed by atoms with Crippen LogP contribution in [0.5, 0.6) is 0 Å². The molecular formula is C16H24N4. The van der Waals surface area contributed by atoms with Crippen LogP contribution in [0.25, 0.3) is 5.82 Å². The van der Waals surface area contributed by atoms with E-state index in [1.54, 1.807) is 0 Å². The predicted octanol–water partition coefficient (Wildman–Crippen LogP) is 2.67. The molecule has 0 saturated carbocycles. The Labute approximate surface area is 121 Å². The zero-order valence-corrected chi connectivity index (χ0v) is 12.9. The van der Waals surface area contributed by atoms with E-state index in [0.29, 0.717) is 0 Å². The second-order valence-electron chi connectivity index (χ2n) is 4.95. The minimum absolute atomic E-state index is 0.853. The summed E-state index contributed by atoms with van der Waals surface area (Å²) in [4.78, 5) is 4.73. The molecule has 0 aliphatic rings. The number of nitrogens with one attached hydrogen (secondary N) is 1. The van der Waals surface area contributed by atoms with Gasteiger partial charge in [-0.3, -0.25) is 0 Å². The molecule has 1 N–H and O–H groups in total. The quantitative estimate of drug-likeness (QED) is 0.879. The first-order valence-corrected chi connectivity index (χ1v) is 7.44. The van der Waals surface area contributed by atoms with Gasteiger partial charge in [0.1, 0.15) is 0 Å². The third-order valence-electron chi connectivity index (χ3n) is 3.44. The Bertz CT molecular complexity index is 572. The Balaban J connectivity index is 2.50. The highest BCUT2D eigenvalue weighted by Crippen LogP contribution is 2.15. The minimum atomic E-state index is 0.853.